The minimum atomic E-state index is -0.257. The van der Waals surface area contributed by atoms with Gasteiger partial charge in [0.05, 0.1) is 19.8 Å². The number of primary amides is 1. The number of benzene rings is 2. The van der Waals surface area contributed by atoms with Gasteiger partial charge in [-0.05, 0) is 34.5 Å². The molecule has 1 atom stereocenters. The van der Waals surface area contributed by atoms with Crippen molar-refractivity contribution in [2.24, 2.45) is 5.73 Å². The van der Waals surface area contributed by atoms with E-state index in [2.05, 4.69) is 29.2 Å². The van der Waals surface area contributed by atoms with E-state index < -0.39 is 0 Å². The number of fused-ring (bicyclic) bond motifs is 1. The summed E-state index contributed by atoms with van der Waals surface area (Å²) in [6.07, 6.45) is 0.424. The van der Waals surface area contributed by atoms with Gasteiger partial charge in [0.2, 0.25) is 5.91 Å². The second-order valence-electron chi connectivity index (χ2n) is 5.85. The van der Waals surface area contributed by atoms with Crippen LogP contribution in [0.15, 0.2) is 36.4 Å². The Kier molecular flexibility index (Phi) is 4.79. The molecule has 2 N–H and O–H groups in total. The summed E-state index contributed by atoms with van der Waals surface area (Å²) in [5, 5.41) is 2.32. The average Bonchev–Trinajstić information content (AvgIpc) is 2.59. The third kappa shape index (κ3) is 3.81. The third-order valence-electron chi connectivity index (χ3n) is 4.27. The molecule has 0 bridgehead atoms. The predicted octanol–water partition coefficient (Wildman–Crippen LogP) is 2.10. The highest BCUT2D eigenvalue weighted by molar-refractivity contribution is 5.84. The molecular formula is C18H22N2O3. The van der Waals surface area contributed by atoms with Gasteiger partial charge < -0.3 is 15.2 Å². The molecule has 23 heavy (non-hydrogen) atoms. The smallest absolute Gasteiger partial charge is 0.218 e. The lowest BCUT2D eigenvalue weighted by Gasteiger charge is -2.33. The lowest BCUT2D eigenvalue weighted by atomic mass is 10.0. The van der Waals surface area contributed by atoms with Crippen LogP contribution in [0.1, 0.15) is 18.1 Å². The number of rotatable bonds is 5. The van der Waals surface area contributed by atoms with Gasteiger partial charge in [-0.1, -0.05) is 18.2 Å². The SMILES string of the molecule is COc1ccc2cc([C@@H]3CN(CCC(N)=O)CCO3)ccc2c1. The highest BCUT2D eigenvalue weighted by Gasteiger charge is 2.22. The van der Waals surface area contributed by atoms with Crippen LogP contribution in [-0.4, -0.2) is 44.2 Å². The van der Waals surface area contributed by atoms with Gasteiger partial charge in [-0.15, -0.1) is 0 Å². The molecule has 0 saturated carbocycles. The molecule has 3 rings (SSSR count). The van der Waals surface area contributed by atoms with Gasteiger partial charge in [-0.25, -0.2) is 0 Å². The highest BCUT2D eigenvalue weighted by Crippen LogP contribution is 2.27. The van der Waals surface area contributed by atoms with Crippen molar-refractivity contribution in [1.82, 2.24) is 4.90 Å². The zero-order chi connectivity index (χ0) is 16.2. The van der Waals surface area contributed by atoms with Gasteiger partial charge >= 0.3 is 0 Å². The fourth-order valence-corrected chi connectivity index (χ4v) is 2.95. The van der Waals surface area contributed by atoms with E-state index in [0.717, 1.165) is 29.8 Å². The van der Waals surface area contributed by atoms with Crippen molar-refractivity contribution in [2.75, 3.05) is 33.4 Å². The van der Waals surface area contributed by atoms with Crippen molar-refractivity contribution < 1.29 is 14.3 Å². The molecule has 1 heterocycles. The number of nitrogens with zero attached hydrogens (tertiary/aromatic N) is 1. The van der Waals surface area contributed by atoms with Gasteiger partial charge in [-0.3, -0.25) is 9.69 Å². The number of carbonyl (C=O) groups is 1. The molecule has 1 amide bonds. The Morgan fingerprint density at radius 2 is 2.09 bits per heavy atom. The van der Waals surface area contributed by atoms with E-state index in [9.17, 15) is 4.79 Å². The maximum Gasteiger partial charge on any atom is 0.218 e. The number of ether oxygens (including phenoxy) is 2. The van der Waals surface area contributed by atoms with Crippen LogP contribution in [-0.2, 0) is 9.53 Å². The summed E-state index contributed by atoms with van der Waals surface area (Å²) < 4.78 is 11.2. The summed E-state index contributed by atoms with van der Waals surface area (Å²) >= 11 is 0. The summed E-state index contributed by atoms with van der Waals surface area (Å²) in [6.45, 7) is 2.99. The van der Waals surface area contributed by atoms with Gasteiger partial charge in [0.1, 0.15) is 5.75 Å². The first-order valence-corrected chi connectivity index (χ1v) is 7.85. The monoisotopic (exact) mass is 314 g/mol. The first-order chi connectivity index (χ1) is 11.2. The van der Waals surface area contributed by atoms with E-state index >= 15 is 0 Å². The summed E-state index contributed by atoms with van der Waals surface area (Å²) in [5.74, 6) is 0.601. The Morgan fingerprint density at radius 3 is 2.87 bits per heavy atom. The van der Waals surface area contributed by atoms with E-state index in [0.29, 0.717) is 19.6 Å². The van der Waals surface area contributed by atoms with E-state index in [4.69, 9.17) is 15.2 Å². The van der Waals surface area contributed by atoms with Crippen LogP contribution < -0.4 is 10.5 Å². The lowest BCUT2D eigenvalue weighted by Crippen LogP contribution is -2.39. The number of amides is 1. The van der Waals surface area contributed by atoms with E-state index in [1.54, 1.807) is 7.11 Å². The second-order valence-corrected chi connectivity index (χ2v) is 5.85. The molecular weight excluding hydrogens is 292 g/mol. The number of carbonyl (C=O) groups excluding carboxylic acids is 1. The van der Waals surface area contributed by atoms with Crippen molar-refractivity contribution in [3.63, 3.8) is 0 Å². The van der Waals surface area contributed by atoms with Crippen LogP contribution in [0.4, 0.5) is 0 Å². The molecule has 1 aliphatic heterocycles. The van der Waals surface area contributed by atoms with Gasteiger partial charge in [0.15, 0.2) is 0 Å². The topological polar surface area (TPSA) is 64.8 Å². The number of hydrogen-bond donors (Lipinski definition) is 1. The zero-order valence-corrected chi connectivity index (χ0v) is 13.3. The number of hydrogen-bond acceptors (Lipinski definition) is 4. The van der Waals surface area contributed by atoms with Crippen molar-refractivity contribution in [2.45, 2.75) is 12.5 Å². The summed E-state index contributed by atoms with van der Waals surface area (Å²) in [5.41, 5.74) is 6.39. The molecule has 122 valence electrons. The zero-order valence-electron chi connectivity index (χ0n) is 13.3. The van der Waals surface area contributed by atoms with E-state index in [1.165, 1.54) is 5.39 Å². The van der Waals surface area contributed by atoms with E-state index in [1.807, 2.05) is 12.1 Å². The maximum atomic E-state index is 10.9. The average molecular weight is 314 g/mol. The van der Waals surface area contributed by atoms with Crippen molar-refractivity contribution in [3.8, 4) is 5.75 Å². The predicted molar refractivity (Wildman–Crippen MR) is 89.4 cm³/mol. The molecule has 0 aliphatic carbocycles. The fourth-order valence-electron chi connectivity index (χ4n) is 2.95. The van der Waals surface area contributed by atoms with Gasteiger partial charge in [0, 0.05) is 26.1 Å². The Balaban J connectivity index is 1.75. The van der Waals surface area contributed by atoms with Crippen molar-refractivity contribution in [1.29, 1.82) is 0 Å². The maximum absolute atomic E-state index is 10.9. The third-order valence-corrected chi connectivity index (χ3v) is 4.27. The van der Waals surface area contributed by atoms with Crippen LogP contribution in [0.25, 0.3) is 10.8 Å². The molecule has 0 spiro atoms. The van der Waals surface area contributed by atoms with Gasteiger partial charge in [0.25, 0.3) is 0 Å². The van der Waals surface area contributed by atoms with Crippen LogP contribution in [0.3, 0.4) is 0 Å². The van der Waals surface area contributed by atoms with Crippen molar-refractivity contribution in [3.05, 3.63) is 42.0 Å². The summed E-state index contributed by atoms with van der Waals surface area (Å²) in [7, 11) is 1.67. The number of morpholine rings is 1. The molecule has 5 heteroatoms. The van der Waals surface area contributed by atoms with Crippen LogP contribution in [0, 0.1) is 0 Å². The molecule has 5 nitrogen and oxygen atoms in total. The summed E-state index contributed by atoms with van der Waals surface area (Å²) in [4.78, 5) is 13.2. The first-order valence-electron chi connectivity index (χ1n) is 7.85. The lowest BCUT2D eigenvalue weighted by molar-refractivity contribution is -0.118. The van der Waals surface area contributed by atoms with E-state index in [-0.39, 0.29) is 12.0 Å². The normalized spacial score (nSPS) is 18.9. The fraction of sp³-hybridized carbons (Fsp3) is 0.389. The van der Waals surface area contributed by atoms with Crippen molar-refractivity contribution >= 4 is 16.7 Å². The molecule has 0 aromatic heterocycles. The van der Waals surface area contributed by atoms with Crippen LogP contribution >= 0.6 is 0 Å². The molecule has 0 radical (unpaired) electrons. The van der Waals surface area contributed by atoms with Crippen LogP contribution in [0.5, 0.6) is 5.75 Å². The molecule has 0 unspecified atom stereocenters. The summed E-state index contributed by atoms with van der Waals surface area (Å²) in [6, 6.07) is 12.4. The number of methoxy groups -OCH3 is 1. The quantitative estimate of drug-likeness (QED) is 0.918. The number of nitrogens with two attached hydrogens (primary N) is 1. The van der Waals surface area contributed by atoms with Crippen LogP contribution in [0.2, 0.25) is 0 Å². The van der Waals surface area contributed by atoms with Gasteiger partial charge in [-0.2, -0.15) is 0 Å². The molecule has 1 saturated heterocycles. The standard InChI is InChI=1S/C18H22N2O3/c1-22-16-5-4-13-10-15(3-2-14(13)11-16)17-12-20(8-9-23-17)7-6-18(19)21/h2-5,10-11,17H,6-9,12H2,1H3,(H2,19,21)/t17-/m0/s1. The Hall–Kier alpha value is -2.11. The largest absolute Gasteiger partial charge is 0.497 e. The second kappa shape index (κ2) is 6.98. The minimum absolute atomic E-state index is 0.0307. The molecule has 1 fully saturated rings. The molecule has 2 aromatic carbocycles. The molecule has 1 aliphatic rings. The highest BCUT2D eigenvalue weighted by atomic mass is 16.5. The first kappa shape index (κ1) is 15.8. The molecule has 2 aromatic rings. The Morgan fingerprint density at radius 1 is 1.30 bits per heavy atom. The Bertz CT molecular complexity index is 702. The minimum Gasteiger partial charge on any atom is -0.497 e. The Labute approximate surface area is 136 Å².